The first-order valence-corrected chi connectivity index (χ1v) is 4.70. The average molecular weight is 216 g/mol. The van der Waals surface area contributed by atoms with Crippen LogP contribution in [0.1, 0.15) is 11.3 Å². The summed E-state index contributed by atoms with van der Waals surface area (Å²) in [6.45, 7) is 0. The van der Waals surface area contributed by atoms with E-state index in [1.807, 2.05) is 0 Å². The zero-order valence-corrected chi connectivity index (χ0v) is 8.34. The first kappa shape index (κ1) is 10.3. The van der Waals surface area contributed by atoms with Gasteiger partial charge in [-0.3, -0.25) is 4.98 Å². The summed E-state index contributed by atoms with van der Waals surface area (Å²) >= 11 is 0. The summed E-state index contributed by atoms with van der Waals surface area (Å²) in [4.78, 5) is 4.06. The predicted molar refractivity (Wildman–Crippen MR) is 58.1 cm³/mol. The smallest absolute Gasteiger partial charge is 0.135 e. The van der Waals surface area contributed by atoms with Crippen LogP contribution in [0.4, 0.5) is 4.39 Å². The Balaban J connectivity index is 2.42. The van der Waals surface area contributed by atoms with Crippen LogP contribution in [0.3, 0.4) is 0 Å². The Morgan fingerprint density at radius 1 is 1.12 bits per heavy atom. The highest BCUT2D eigenvalue weighted by molar-refractivity contribution is 6.11. The maximum atomic E-state index is 12.7. The van der Waals surface area contributed by atoms with Crippen LogP contribution in [-0.2, 0) is 0 Å². The summed E-state index contributed by atoms with van der Waals surface area (Å²) in [7, 11) is 0. The van der Waals surface area contributed by atoms with E-state index < -0.39 is 0 Å². The number of halogens is 1. The topological polar surface area (TPSA) is 45.5 Å². The van der Waals surface area contributed by atoms with E-state index >= 15 is 0 Å². The highest BCUT2D eigenvalue weighted by Gasteiger charge is 2.08. The molecule has 16 heavy (non-hydrogen) atoms. The lowest BCUT2D eigenvalue weighted by Crippen LogP contribution is -2.05. The highest BCUT2D eigenvalue weighted by Crippen LogP contribution is 2.09. The summed E-state index contributed by atoms with van der Waals surface area (Å²) in [6, 6.07) is 11.0. The van der Waals surface area contributed by atoms with Gasteiger partial charge in [-0.2, -0.15) is 0 Å². The quantitative estimate of drug-likeness (QED) is 0.476. The monoisotopic (exact) mass is 216 g/mol. The van der Waals surface area contributed by atoms with Crippen molar-refractivity contribution in [1.29, 1.82) is 0 Å². The summed E-state index contributed by atoms with van der Waals surface area (Å²) in [5, 5.41) is 12.1. The molecule has 80 valence electrons. The van der Waals surface area contributed by atoms with Crippen LogP contribution < -0.4 is 0 Å². The maximum absolute atomic E-state index is 12.7. The Morgan fingerprint density at radius 2 is 1.88 bits per heavy atom. The minimum atomic E-state index is -0.331. The average Bonchev–Trinajstić information content (AvgIpc) is 2.34. The second kappa shape index (κ2) is 4.53. The largest absolute Gasteiger partial charge is 0.410 e. The molecular formula is C12H9FN2O. The molecule has 2 rings (SSSR count). The van der Waals surface area contributed by atoms with Crippen molar-refractivity contribution in [3.63, 3.8) is 0 Å². The molecule has 1 aromatic heterocycles. The van der Waals surface area contributed by atoms with Gasteiger partial charge >= 0.3 is 0 Å². The molecule has 2 aromatic rings. The molecule has 0 saturated carbocycles. The van der Waals surface area contributed by atoms with Gasteiger partial charge in [0.25, 0.3) is 0 Å². The highest BCUT2D eigenvalue weighted by atomic mass is 19.1. The van der Waals surface area contributed by atoms with Crippen LogP contribution >= 0.6 is 0 Å². The molecule has 0 spiro atoms. The number of benzene rings is 1. The molecule has 0 aliphatic rings. The Labute approximate surface area is 91.9 Å². The normalized spacial score (nSPS) is 11.4. The Kier molecular flexibility index (Phi) is 2.91. The fraction of sp³-hybridized carbons (Fsp3) is 0. The zero-order valence-electron chi connectivity index (χ0n) is 8.34. The van der Waals surface area contributed by atoms with Crippen molar-refractivity contribution in [1.82, 2.24) is 4.98 Å². The molecule has 0 aliphatic carbocycles. The molecule has 0 bridgehead atoms. The molecule has 0 fully saturated rings. The van der Waals surface area contributed by atoms with Gasteiger partial charge in [0.15, 0.2) is 0 Å². The molecule has 1 heterocycles. The molecule has 4 heteroatoms. The maximum Gasteiger partial charge on any atom is 0.135 e. The van der Waals surface area contributed by atoms with E-state index in [9.17, 15) is 4.39 Å². The minimum Gasteiger partial charge on any atom is -0.410 e. The summed E-state index contributed by atoms with van der Waals surface area (Å²) in [5.74, 6) is -0.331. The van der Waals surface area contributed by atoms with E-state index in [-0.39, 0.29) is 5.82 Å². The van der Waals surface area contributed by atoms with E-state index in [2.05, 4.69) is 10.1 Å². The van der Waals surface area contributed by atoms with Gasteiger partial charge in [0.2, 0.25) is 0 Å². The Morgan fingerprint density at radius 3 is 2.44 bits per heavy atom. The van der Waals surface area contributed by atoms with Gasteiger partial charge in [0, 0.05) is 11.8 Å². The summed E-state index contributed by atoms with van der Waals surface area (Å²) in [6.07, 6.45) is 1.60. The van der Waals surface area contributed by atoms with Crippen molar-refractivity contribution in [2.75, 3.05) is 0 Å². The van der Waals surface area contributed by atoms with Crippen molar-refractivity contribution in [2.24, 2.45) is 5.16 Å². The van der Waals surface area contributed by atoms with Gasteiger partial charge in [-0.05, 0) is 36.4 Å². The SMILES string of the molecule is ON=C(c1ccc(F)cc1)c1ccccn1. The molecule has 0 atom stereocenters. The molecule has 0 amide bonds. The third kappa shape index (κ3) is 2.06. The number of aromatic nitrogens is 1. The van der Waals surface area contributed by atoms with Gasteiger partial charge in [0.05, 0.1) is 5.69 Å². The van der Waals surface area contributed by atoms with Gasteiger partial charge in [-0.25, -0.2) is 4.39 Å². The zero-order chi connectivity index (χ0) is 11.4. The van der Waals surface area contributed by atoms with E-state index in [0.29, 0.717) is 17.0 Å². The van der Waals surface area contributed by atoms with Crippen molar-refractivity contribution in [2.45, 2.75) is 0 Å². The molecule has 0 saturated heterocycles. The van der Waals surface area contributed by atoms with Crippen molar-refractivity contribution in [3.8, 4) is 0 Å². The molecule has 0 radical (unpaired) electrons. The lowest BCUT2D eigenvalue weighted by molar-refractivity contribution is 0.319. The lowest BCUT2D eigenvalue weighted by Gasteiger charge is -2.03. The number of hydrogen-bond acceptors (Lipinski definition) is 3. The molecule has 3 nitrogen and oxygen atoms in total. The van der Waals surface area contributed by atoms with Crippen LogP contribution in [0, 0.1) is 5.82 Å². The fourth-order valence-corrected chi connectivity index (χ4v) is 1.37. The van der Waals surface area contributed by atoms with Crippen molar-refractivity contribution in [3.05, 3.63) is 65.7 Å². The van der Waals surface area contributed by atoms with Gasteiger partial charge in [-0.15, -0.1) is 0 Å². The second-order valence-electron chi connectivity index (χ2n) is 3.17. The van der Waals surface area contributed by atoms with E-state index in [1.165, 1.54) is 12.1 Å². The second-order valence-corrected chi connectivity index (χ2v) is 3.17. The molecule has 0 aliphatic heterocycles. The van der Waals surface area contributed by atoms with Crippen molar-refractivity contribution >= 4 is 5.71 Å². The standard InChI is InChI=1S/C12H9FN2O/c13-10-6-4-9(5-7-10)12(15-16)11-3-1-2-8-14-11/h1-8,16H. The first-order valence-electron chi connectivity index (χ1n) is 4.70. The van der Waals surface area contributed by atoms with Crippen LogP contribution in [0.5, 0.6) is 0 Å². The van der Waals surface area contributed by atoms with Crippen molar-refractivity contribution < 1.29 is 9.60 Å². The fourth-order valence-electron chi connectivity index (χ4n) is 1.37. The number of oxime groups is 1. The van der Waals surface area contributed by atoms with Gasteiger partial charge in [0.1, 0.15) is 11.5 Å². The number of rotatable bonds is 2. The molecule has 1 aromatic carbocycles. The molecule has 1 N–H and O–H groups in total. The molecule has 0 unspecified atom stereocenters. The first-order chi connectivity index (χ1) is 7.81. The Bertz CT molecular complexity index is 494. The summed E-state index contributed by atoms with van der Waals surface area (Å²) < 4.78 is 12.7. The van der Waals surface area contributed by atoms with Crippen LogP contribution in [0.25, 0.3) is 0 Å². The number of hydrogen-bond donors (Lipinski definition) is 1. The van der Waals surface area contributed by atoms with E-state index in [0.717, 1.165) is 0 Å². The predicted octanol–water partition coefficient (Wildman–Crippen LogP) is 2.45. The third-order valence-electron chi connectivity index (χ3n) is 2.13. The minimum absolute atomic E-state index is 0.320. The lowest BCUT2D eigenvalue weighted by atomic mass is 10.1. The van der Waals surface area contributed by atoms with E-state index in [4.69, 9.17) is 5.21 Å². The van der Waals surface area contributed by atoms with Gasteiger partial charge in [-0.1, -0.05) is 11.2 Å². The van der Waals surface area contributed by atoms with Crippen LogP contribution in [-0.4, -0.2) is 15.9 Å². The van der Waals surface area contributed by atoms with E-state index in [1.54, 1.807) is 36.5 Å². The van der Waals surface area contributed by atoms with Crippen LogP contribution in [0.2, 0.25) is 0 Å². The van der Waals surface area contributed by atoms with Crippen LogP contribution in [0.15, 0.2) is 53.8 Å². The molecular weight excluding hydrogens is 207 g/mol. The number of pyridine rings is 1. The number of nitrogens with zero attached hydrogens (tertiary/aromatic N) is 2. The Hall–Kier alpha value is -2.23. The summed E-state index contributed by atoms with van der Waals surface area (Å²) in [5.41, 5.74) is 1.47. The third-order valence-corrected chi connectivity index (χ3v) is 2.13. The van der Waals surface area contributed by atoms with Gasteiger partial charge < -0.3 is 5.21 Å².